The van der Waals surface area contributed by atoms with Crippen LogP contribution >= 0.6 is 0 Å². The van der Waals surface area contributed by atoms with Crippen molar-refractivity contribution < 1.29 is 13.9 Å². The van der Waals surface area contributed by atoms with Crippen molar-refractivity contribution in [1.29, 1.82) is 0 Å². The number of aliphatic hydroxyl groups excluding tert-OH is 1. The average Bonchev–Trinajstić information content (AvgIpc) is 2.79. The Balaban J connectivity index is 1.39. The number of hydrogen-bond acceptors (Lipinski definition) is 3. The van der Waals surface area contributed by atoms with Crippen LogP contribution < -0.4 is 10.6 Å². The van der Waals surface area contributed by atoms with Gasteiger partial charge in [-0.2, -0.15) is 0 Å². The molecule has 2 aromatic rings. The van der Waals surface area contributed by atoms with Crippen LogP contribution in [0.2, 0.25) is 0 Å². The SMILES string of the molecule is OC1CNc2cccc(NC(/C=C3\CCC4CCC4Cc4cc(C(F)F)ccc43)=C3CCC3)c2C1. The monoisotopic (exact) mass is 476 g/mol. The molecular formula is C30H34F2N2O. The van der Waals surface area contributed by atoms with E-state index < -0.39 is 6.43 Å². The first-order chi connectivity index (χ1) is 17.0. The fourth-order valence-electron chi connectivity index (χ4n) is 6.22. The summed E-state index contributed by atoms with van der Waals surface area (Å²) < 4.78 is 27.1. The van der Waals surface area contributed by atoms with E-state index >= 15 is 0 Å². The van der Waals surface area contributed by atoms with Crippen molar-refractivity contribution in [3.8, 4) is 0 Å². The van der Waals surface area contributed by atoms with E-state index in [4.69, 9.17) is 0 Å². The highest BCUT2D eigenvalue weighted by Gasteiger charge is 2.33. The third kappa shape index (κ3) is 4.51. The number of β-amino-alcohol motifs (C(OH)–C–C–N with tert-alkyl or cyclic N) is 1. The number of benzene rings is 2. The molecule has 2 aromatic carbocycles. The largest absolute Gasteiger partial charge is 0.391 e. The van der Waals surface area contributed by atoms with Crippen molar-refractivity contribution in [1.82, 2.24) is 0 Å². The average molecular weight is 477 g/mol. The van der Waals surface area contributed by atoms with Crippen LogP contribution in [0.3, 0.4) is 0 Å². The van der Waals surface area contributed by atoms with Crippen molar-refractivity contribution in [3.63, 3.8) is 0 Å². The van der Waals surface area contributed by atoms with Gasteiger partial charge < -0.3 is 15.7 Å². The molecule has 0 amide bonds. The molecule has 3 nitrogen and oxygen atoms in total. The van der Waals surface area contributed by atoms with Gasteiger partial charge in [0.2, 0.25) is 0 Å². The van der Waals surface area contributed by atoms with E-state index in [1.54, 1.807) is 12.1 Å². The summed E-state index contributed by atoms with van der Waals surface area (Å²) in [5, 5.41) is 17.3. The van der Waals surface area contributed by atoms with Crippen molar-refractivity contribution in [2.75, 3.05) is 17.2 Å². The number of hydrogen-bond donors (Lipinski definition) is 3. The Morgan fingerprint density at radius 3 is 2.63 bits per heavy atom. The number of alkyl halides is 2. The molecule has 35 heavy (non-hydrogen) atoms. The Hall–Kier alpha value is -2.66. The van der Waals surface area contributed by atoms with E-state index in [1.807, 2.05) is 6.07 Å². The molecule has 0 saturated heterocycles. The van der Waals surface area contributed by atoms with Gasteiger partial charge in [-0.15, -0.1) is 0 Å². The fourth-order valence-corrected chi connectivity index (χ4v) is 6.22. The maximum atomic E-state index is 13.5. The highest BCUT2D eigenvalue weighted by atomic mass is 19.3. The second-order valence-corrected chi connectivity index (χ2v) is 10.8. The molecule has 3 unspecified atom stereocenters. The van der Waals surface area contributed by atoms with Gasteiger partial charge in [-0.05, 0) is 110 Å². The van der Waals surface area contributed by atoms with Crippen LogP contribution in [-0.2, 0) is 12.8 Å². The standard InChI is InChI=1S/C30H34F2N2O/c31-30(32)22-11-12-25-21(10-8-18-7-9-20(18)13-23(25)14-22)15-29(19-3-1-4-19)34-28-6-2-5-27-26(28)16-24(35)17-33-27/h2,5-6,11-12,14-15,18,20,24,30,33-35H,1,3-4,7-10,13,16-17H2/b21-15+. The number of nitrogens with one attached hydrogen (secondary N) is 2. The van der Waals surface area contributed by atoms with E-state index in [2.05, 4.69) is 34.9 Å². The van der Waals surface area contributed by atoms with Gasteiger partial charge in [0.15, 0.2) is 0 Å². The Kier molecular flexibility index (Phi) is 6.13. The van der Waals surface area contributed by atoms with Gasteiger partial charge in [-0.1, -0.05) is 18.2 Å². The maximum Gasteiger partial charge on any atom is 0.263 e. The second kappa shape index (κ2) is 9.42. The molecule has 4 aliphatic rings. The molecule has 3 N–H and O–H groups in total. The number of allylic oxidation sites excluding steroid dienone is 3. The number of aliphatic hydroxyl groups is 1. The van der Waals surface area contributed by atoms with E-state index in [9.17, 15) is 13.9 Å². The zero-order chi connectivity index (χ0) is 23.9. The van der Waals surface area contributed by atoms with Crippen molar-refractivity contribution >= 4 is 16.9 Å². The smallest absolute Gasteiger partial charge is 0.263 e. The van der Waals surface area contributed by atoms with Crippen LogP contribution in [0.4, 0.5) is 20.2 Å². The zero-order valence-electron chi connectivity index (χ0n) is 20.1. The Labute approximate surface area is 206 Å². The normalized spacial score (nSPS) is 26.3. The third-order valence-corrected chi connectivity index (χ3v) is 8.64. The summed E-state index contributed by atoms with van der Waals surface area (Å²) in [6.07, 6.45) is 9.04. The van der Waals surface area contributed by atoms with Gasteiger partial charge in [0.1, 0.15) is 0 Å². The van der Waals surface area contributed by atoms with Crippen LogP contribution in [0.5, 0.6) is 0 Å². The topological polar surface area (TPSA) is 44.3 Å². The van der Waals surface area contributed by atoms with Gasteiger partial charge in [-0.3, -0.25) is 0 Å². The predicted molar refractivity (Wildman–Crippen MR) is 138 cm³/mol. The molecule has 2 fully saturated rings. The summed E-state index contributed by atoms with van der Waals surface area (Å²) in [6, 6.07) is 11.5. The molecule has 2 saturated carbocycles. The Morgan fingerprint density at radius 1 is 1.03 bits per heavy atom. The van der Waals surface area contributed by atoms with Crippen molar-refractivity contribution in [2.45, 2.75) is 70.3 Å². The minimum atomic E-state index is -2.43. The minimum absolute atomic E-state index is 0.136. The number of anilines is 2. The lowest BCUT2D eigenvalue weighted by Gasteiger charge is -2.39. The fraction of sp³-hybridized carbons (Fsp3) is 0.467. The second-order valence-electron chi connectivity index (χ2n) is 10.8. The molecule has 3 atom stereocenters. The summed E-state index contributed by atoms with van der Waals surface area (Å²) in [7, 11) is 0. The van der Waals surface area contributed by atoms with Crippen LogP contribution in [0.25, 0.3) is 5.57 Å². The molecule has 0 bridgehead atoms. The highest BCUT2D eigenvalue weighted by Crippen LogP contribution is 2.45. The van der Waals surface area contributed by atoms with Crippen LogP contribution in [0.1, 0.15) is 73.6 Å². The molecule has 6 rings (SSSR count). The molecule has 0 aromatic heterocycles. The van der Waals surface area contributed by atoms with Gasteiger partial charge in [-0.25, -0.2) is 8.78 Å². The first-order valence-electron chi connectivity index (χ1n) is 13.2. The van der Waals surface area contributed by atoms with Crippen LogP contribution in [0.15, 0.2) is 53.7 Å². The van der Waals surface area contributed by atoms with Gasteiger partial charge in [0.25, 0.3) is 6.43 Å². The summed E-state index contributed by atoms with van der Waals surface area (Å²) in [5.74, 6) is 1.35. The Bertz CT molecular complexity index is 1180. The van der Waals surface area contributed by atoms with E-state index in [0.717, 1.165) is 59.4 Å². The summed E-state index contributed by atoms with van der Waals surface area (Å²) in [5.41, 5.74) is 9.45. The maximum absolute atomic E-state index is 13.5. The molecule has 0 radical (unpaired) electrons. The quantitative estimate of drug-likeness (QED) is 0.435. The molecule has 5 heteroatoms. The summed E-state index contributed by atoms with van der Waals surface area (Å²) >= 11 is 0. The molecule has 1 aliphatic heterocycles. The van der Waals surface area contributed by atoms with Crippen LogP contribution in [-0.4, -0.2) is 17.8 Å². The predicted octanol–water partition coefficient (Wildman–Crippen LogP) is 7.25. The molecular weight excluding hydrogens is 442 g/mol. The van der Waals surface area contributed by atoms with Gasteiger partial charge in [0, 0.05) is 41.2 Å². The zero-order valence-corrected chi connectivity index (χ0v) is 20.1. The molecule has 184 valence electrons. The lowest BCUT2D eigenvalue weighted by Crippen LogP contribution is -2.29. The van der Waals surface area contributed by atoms with Crippen molar-refractivity contribution in [3.05, 3.63) is 76.0 Å². The summed E-state index contributed by atoms with van der Waals surface area (Å²) in [6.45, 7) is 0.577. The summed E-state index contributed by atoms with van der Waals surface area (Å²) in [4.78, 5) is 0. The third-order valence-electron chi connectivity index (χ3n) is 8.64. The Morgan fingerprint density at radius 2 is 1.89 bits per heavy atom. The lowest BCUT2D eigenvalue weighted by molar-refractivity contribution is 0.150. The number of rotatable bonds is 4. The minimum Gasteiger partial charge on any atom is -0.391 e. The molecule has 1 heterocycles. The molecule has 0 spiro atoms. The van der Waals surface area contributed by atoms with E-state index in [1.165, 1.54) is 36.8 Å². The highest BCUT2D eigenvalue weighted by molar-refractivity contribution is 5.75. The van der Waals surface area contributed by atoms with E-state index in [0.29, 0.717) is 24.8 Å². The first-order valence-corrected chi connectivity index (χ1v) is 13.2. The molecule has 3 aliphatic carbocycles. The van der Waals surface area contributed by atoms with Gasteiger partial charge in [0.05, 0.1) is 6.10 Å². The number of halogens is 2. The van der Waals surface area contributed by atoms with Crippen molar-refractivity contribution in [2.24, 2.45) is 11.8 Å². The van der Waals surface area contributed by atoms with Gasteiger partial charge >= 0.3 is 0 Å². The lowest BCUT2D eigenvalue weighted by atomic mass is 9.66. The first kappa shape index (κ1) is 22.8. The number of fused-ring (bicyclic) bond motifs is 3. The van der Waals surface area contributed by atoms with Crippen LogP contribution in [0, 0.1) is 11.8 Å². The van der Waals surface area contributed by atoms with E-state index in [-0.39, 0.29) is 11.7 Å².